The first-order valence-corrected chi connectivity index (χ1v) is 6.20. The van der Waals surface area contributed by atoms with Crippen LogP contribution in [0.4, 0.5) is 0 Å². The predicted octanol–water partition coefficient (Wildman–Crippen LogP) is 3.27. The minimum absolute atomic E-state index is 0.285. The number of rotatable bonds is 1. The third kappa shape index (κ3) is 2.15. The monoisotopic (exact) mass is 217 g/mol. The smallest absolute Gasteiger partial charge is 0.00577 e. The topological polar surface area (TPSA) is 12.0 Å². The summed E-state index contributed by atoms with van der Waals surface area (Å²) in [5.74, 6) is 0. The molecule has 0 saturated carbocycles. The second-order valence-corrected chi connectivity index (χ2v) is 6.32. The van der Waals surface area contributed by atoms with Crippen LogP contribution in [0.15, 0.2) is 24.3 Å². The van der Waals surface area contributed by atoms with Gasteiger partial charge in [0.05, 0.1) is 0 Å². The van der Waals surface area contributed by atoms with Gasteiger partial charge in [-0.3, -0.25) is 0 Å². The number of aryl methyl sites for hydroxylation is 1. The Bertz CT molecular complexity index is 381. The van der Waals surface area contributed by atoms with Crippen LogP contribution in [-0.2, 0) is 5.41 Å². The van der Waals surface area contributed by atoms with Crippen molar-refractivity contribution in [2.24, 2.45) is 5.41 Å². The van der Waals surface area contributed by atoms with Crippen molar-refractivity contribution in [1.29, 1.82) is 0 Å². The molecular formula is C15H23N. The fourth-order valence-corrected chi connectivity index (χ4v) is 3.30. The molecule has 1 heterocycles. The third-order valence-electron chi connectivity index (χ3n) is 3.78. The summed E-state index contributed by atoms with van der Waals surface area (Å²) in [6.45, 7) is 11.6. The Kier molecular flexibility index (Phi) is 2.83. The number of nitrogens with one attached hydrogen (secondary N) is 1. The fourth-order valence-electron chi connectivity index (χ4n) is 3.30. The van der Waals surface area contributed by atoms with Gasteiger partial charge in [0.1, 0.15) is 0 Å². The summed E-state index contributed by atoms with van der Waals surface area (Å²) >= 11 is 0. The molecule has 1 atom stereocenters. The highest BCUT2D eigenvalue weighted by atomic mass is 14.9. The van der Waals surface area contributed by atoms with Gasteiger partial charge in [-0.25, -0.2) is 0 Å². The third-order valence-corrected chi connectivity index (χ3v) is 3.78. The van der Waals surface area contributed by atoms with Crippen LogP contribution >= 0.6 is 0 Å². The summed E-state index contributed by atoms with van der Waals surface area (Å²) in [5, 5.41) is 3.59. The van der Waals surface area contributed by atoms with Gasteiger partial charge in [-0.1, -0.05) is 45.0 Å². The van der Waals surface area contributed by atoms with Crippen molar-refractivity contribution in [3.05, 3.63) is 35.4 Å². The Balaban J connectivity index is 2.35. The zero-order valence-corrected chi connectivity index (χ0v) is 10.9. The molecule has 1 N–H and O–H groups in total. The van der Waals surface area contributed by atoms with Crippen LogP contribution < -0.4 is 5.32 Å². The van der Waals surface area contributed by atoms with E-state index in [2.05, 4.69) is 57.3 Å². The number of hydrogen-bond acceptors (Lipinski definition) is 1. The van der Waals surface area contributed by atoms with E-state index in [4.69, 9.17) is 0 Å². The maximum Gasteiger partial charge on any atom is 0.00577 e. The average molecular weight is 217 g/mol. The van der Waals surface area contributed by atoms with Gasteiger partial charge in [0, 0.05) is 18.5 Å². The van der Waals surface area contributed by atoms with Gasteiger partial charge in [0.25, 0.3) is 0 Å². The zero-order chi connectivity index (χ0) is 11.8. The molecule has 0 amide bonds. The van der Waals surface area contributed by atoms with Crippen molar-refractivity contribution < 1.29 is 0 Å². The van der Waals surface area contributed by atoms with Gasteiger partial charge < -0.3 is 5.32 Å². The minimum Gasteiger partial charge on any atom is -0.315 e. The normalized spacial score (nSPS) is 29.0. The maximum atomic E-state index is 3.59. The Morgan fingerprint density at radius 2 is 1.75 bits per heavy atom. The van der Waals surface area contributed by atoms with Gasteiger partial charge in [0.15, 0.2) is 0 Å². The van der Waals surface area contributed by atoms with Crippen LogP contribution in [-0.4, -0.2) is 13.1 Å². The average Bonchev–Trinajstić information content (AvgIpc) is 2.16. The summed E-state index contributed by atoms with van der Waals surface area (Å²) < 4.78 is 0. The Hall–Kier alpha value is -0.820. The Morgan fingerprint density at radius 1 is 1.06 bits per heavy atom. The van der Waals surface area contributed by atoms with Crippen LogP contribution in [0.2, 0.25) is 0 Å². The lowest BCUT2D eigenvalue weighted by atomic mass is 9.66. The van der Waals surface area contributed by atoms with E-state index in [1.807, 2.05) is 0 Å². The molecule has 1 aliphatic rings. The van der Waals surface area contributed by atoms with Crippen LogP contribution in [0.1, 0.15) is 38.3 Å². The van der Waals surface area contributed by atoms with Crippen molar-refractivity contribution in [3.63, 3.8) is 0 Å². The summed E-state index contributed by atoms with van der Waals surface area (Å²) in [7, 11) is 0. The molecule has 1 saturated heterocycles. The molecule has 1 fully saturated rings. The molecular weight excluding hydrogens is 194 g/mol. The van der Waals surface area contributed by atoms with Crippen molar-refractivity contribution in [1.82, 2.24) is 5.32 Å². The van der Waals surface area contributed by atoms with Gasteiger partial charge in [-0.05, 0) is 29.9 Å². The standard InChI is InChI=1S/C15H23N/c1-12-7-5-6-8-13(12)15(4)9-14(2,3)10-16-11-15/h5-8,16H,9-11H2,1-4H3. The van der Waals surface area contributed by atoms with E-state index in [0.29, 0.717) is 5.41 Å². The fraction of sp³-hybridized carbons (Fsp3) is 0.600. The first-order chi connectivity index (χ1) is 7.43. The maximum absolute atomic E-state index is 3.59. The number of piperidine rings is 1. The molecule has 1 aromatic carbocycles. The lowest BCUT2D eigenvalue weighted by Gasteiger charge is -2.44. The van der Waals surface area contributed by atoms with Crippen molar-refractivity contribution in [3.8, 4) is 0 Å². The number of benzene rings is 1. The van der Waals surface area contributed by atoms with Crippen LogP contribution in [0.5, 0.6) is 0 Å². The highest BCUT2D eigenvalue weighted by Crippen LogP contribution is 2.40. The van der Waals surface area contributed by atoms with E-state index in [-0.39, 0.29) is 5.41 Å². The molecule has 0 aliphatic carbocycles. The molecule has 2 rings (SSSR count). The van der Waals surface area contributed by atoms with E-state index in [0.717, 1.165) is 13.1 Å². The van der Waals surface area contributed by atoms with E-state index < -0.39 is 0 Å². The van der Waals surface area contributed by atoms with Gasteiger partial charge in [0.2, 0.25) is 0 Å². The Labute approximate surface area is 99.3 Å². The lowest BCUT2D eigenvalue weighted by Crippen LogP contribution is -2.49. The summed E-state index contributed by atoms with van der Waals surface area (Å²) in [6, 6.07) is 8.80. The molecule has 0 bridgehead atoms. The molecule has 1 heteroatoms. The molecule has 1 aromatic rings. The van der Waals surface area contributed by atoms with E-state index in [1.165, 1.54) is 17.5 Å². The van der Waals surface area contributed by atoms with Gasteiger partial charge in [-0.2, -0.15) is 0 Å². The molecule has 16 heavy (non-hydrogen) atoms. The first kappa shape index (κ1) is 11.7. The highest BCUT2D eigenvalue weighted by molar-refractivity contribution is 5.34. The minimum atomic E-state index is 0.285. The van der Waals surface area contributed by atoms with E-state index in [1.54, 1.807) is 0 Å². The van der Waals surface area contributed by atoms with Crippen molar-refractivity contribution >= 4 is 0 Å². The van der Waals surface area contributed by atoms with E-state index in [9.17, 15) is 0 Å². The van der Waals surface area contributed by atoms with Crippen LogP contribution in [0.25, 0.3) is 0 Å². The summed E-state index contributed by atoms with van der Waals surface area (Å²) in [5.41, 5.74) is 3.61. The zero-order valence-electron chi connectivity index (χ0n) is 10.9. The van der Waals surface area contributed by atoms with Crippen LogP contribution in [0, 0.1) is 12.3 Å². The highest BCUT2D eigenvalue weighted by Gasteiger charge is 2.38. The second kappa shape index (κ2) is 3.89. The molecule has 0 spiro atoms. The molecule has 1 unspecified atom stereocenters. The molecule has 88 valence electrons. The summed E-state index contributed by atoms with van der Waals surface area (Å²) in [4.78, 5) is 0. The Morgan fingerprint density at radius 3 is 2.38 bits per heavy atom. The molecule has 1 nitrogen and oxygen atoms in total. The summed E-state index contributed by atoms with van der Waals surface area (Å²) in [6.07, 6.45) is 1.26. The molecule has 0 aromatic heterocycles. The van der Waals surface area contributed by atoms with Crippen molar-refractivity contribution in [2.75, 3.05) is 13.1 Å². The van der Waals surface area contributed by atoms with Gasteiger partial charge >= 0.3 is 0 Å². The van der Waals surface area contributed by atoms with Crippen molar-refractivity contribution in [2.45, 2.75) is 39.5 Å². The number of hydrogen-bond donors (Lipinski definition) is 1. The predicted molar refractivity (Wildman–Crippen MR) is 69.8 cm³/mol. The largest absolute Gasteiger partial charge is 0.315 e. The second-order valence-electron chi connectivity index (χ2n) is 6.32. The quantitative estimate of drug-likeness (QED) is 0.761. The molecule has 1 aliphatic heterocycles. The molecule has 0 radical (unpaired) electrons. The van der Waals surface area contributed by atoms with Gasteiger partial charge in [-0.15, -0.1) is 0 Å². The van der Waals surface area contributed by atoms with E-state index >= 15 is 0 Å². The first-order valence-electron chi connectivity index (χ1n) is 6.20. The SMILES string of the molecule is Cc1ccccc1C1(C)CNCC(C)(C)C1. The van der Waals surface area contributed by atoms with Crippen LogP contribution in [0.3, 0.4) is 0 Å². The lowest BCUT2D eigenvalue weighted by molar-refractivity contribution is 0.179.